The molecule has 0 amide bonds. The first-order chi connectivity index (χ1) is 10.3. The van der Waals surface area contributed by atoms with Gasteiger partial charge in [-0.3, -0.25) is 0 Å². The first kappa shape index (κ1) is 13.7. The van der Waals surface area contributed by atoms with Crippen molar-refractivity contribution in [3.8, 4) is 0 Å². The molecule has 1 saturated carbocycles. The molecule has 0 aromatic heterocycles. The van der Waals surface area contributed by atoms with Gasteiger partial charge in [0.1, 0.15) is 5.60 Å². The molecule has 1 aliphatic carbocycles. The van der Waals surface area contributed by atoms with E-state index in [9.17, 15) is 5.11 Å². The fourth-order valence-corrected chi connectivity index (χ4v) is 4.06. The first-order valence-electron chi connectivity index (χ1n) is 8.37. The summed E-state index contributed by atoms with van der Waals surface area (Å²) in [5.41, 5.74) is 0.238. The van der Waals surface area contributed by atoms with Crippen LogP contribution in [0.15, 0.2) is 30.3 Å². The lowest BCUT2D eigenvalue weighted by Crippen LogP contribution is -2.52. The van der Waals surface area contributed by atoms with Crippen LogP contribution in [0.2, 0.25) is 0 Å². The Balaban J connectivity index is 1.46. The Labute approximate surface area is 126 Å². The van der Waals surface area contributed by atoms with Crippen LogP contribution in [0.1, 0.15) is 31.2 Å². The zero-order valence-electron chi connectivity index (χ0n) is 12.6. The van der Waals surface area contributed by atoms with Gasteiger partial charge < -0.3 is 14.7 Å². The van der Waals surface area contributed by atoms with Gasteiger partial charge in [0.25, 0.3) is 0 Å². The van der Waals surface area contributed by atoms with Crippen molar-refractivity contribution in [3.05, 3.63) is 35.9 Å². The van der Waals surface area contributed by atoms with Gasteiger partial charge in [-0.1, -0.05) is 30.3 Å². The van der Waals surface area contributed by atoms with E-state index < -0.39 is 5.60 Å². The largest absolute Gasteiger partial charge is 0.382 e. The highest BCUT2D eigenvalue weighted by atomic mass is 16.5. The highest BCUT2D eigenvalue weighted by molar-refractivity contribution is 5.25. The molecule has 21 heavy (non-hydrogen) atoms. The number of hydrogen-bond acceptors (Lipinski definition) is 3. The van der Waals surface area contributed by atoms with Gasteiger partial charge in [0.2, 0.25) is 0 Å². The second-order valence-corrected chi connectivity index (χ2v) is 7.05. The van der Waals surface area contributed by atoms with Crippen LogP contribution in [0.5, 0.6) is 0 Å². The van der Waals surface area contributed by atoms with E-state index in [0.717, 1.165) is 24.9 Å². The van der Waals surface area contributed by atoms with E-state index in [0.29, 0.717) is 24.5 Å². The summed E-state index contributed by atoms with van der Waals surface area (Å²) >= 11 is 0. The molecule has 3 nitrogen and oxygen atoms in total. The van der Waals surface area contributed by atoms with Gasteiger partial charge in [-0.25, -0.2) is 0 Å². The number of piperidine rings is 3. The summed E-state index contributed by atoms with van der Waals surface area (Å²) in [4.78, 5) is 2.50. The van der Waals surface area contributed by atoms with Crippen molar-refractivity contribution in [3.63, 3.8) is 0 Å². The van der Waals surface area contributed by atoms with E-state index in [4.69, 9.17) is 4.74 Å². The molecule has 3 heteroatoms. The molecule has 1 unspecified atom stereocenters. The Hall–Kier alpha value is -0.900. The number of aliphatic hydroxyl groups is 1. The third-order valence-electron chi connectivity index (χ3n) is 5.64. The maximum Gasteiger partial charge on any atom is 0.116 e. The van der Waals surface area contributed by atoms with Crippen LogP contribution in [-0.2, 0) is 10.3 Å². The summed E-state index contributed by atoms with van der Waals surface area (Å²) in [6.45, 7) is 3.98. The van der Waals surface area contributed by atoms with Crippen molar-refractivity contribution in [1.29, 1.82) is 0 Å². The summed E-state index contributed by atoms with van der Waals surface area (Å²) in [5.74, 6) is 1.08. The number of ether oxygens (including phenoxy) is 1. The molecule has 1 aromatic carbocycles. The van der Waals surface area contributed by atoms with Crippen LogP contribution in [-0.4, -0.2) is 42.4 Å². The number of fused-ring (bicyclic) bond motifs is 3. The van der Waals surface area contributed by atoms with Crippen LogP contribution in [0.4, 0.5) is 0 Å². The zero-order chi connectivity index (χ0) is 14.3. The molecule has 4 aliphatic rings. The maximum atomic E-state index is 11.2. The Morgan fingerprint density at radius 3 is 2.38 bits per heavy atom. The topological polar surface area (TPSA) is 32.7 Å². The van der Waals surface area contributed by atoms with E-state index in [1.807, 2.05) is 30.3 Å². The van der Waals surface area contributed by atoms with Gasteiger partial charge in [0.05, 0.1) is 12.7 Å². The van der Waals surface area contributed by atoms with Crippen LogP contribution in [0.3, 0.4) is 0 Å². The fourth-order valence-electron chi connectivity index (χ4n) is 4.06. The minimum absolute atomic E-state index is 0.321. The van der Waals surface area contributed by atoms with Gasteiger partial charge in [-0.05, 0) is 56.2 Å². The van der Waals surface area contributed by atoms with Gasteiger partial charge in [0, 0.05) is 6.54 Å². The summed E-state index contributed by atoms with van der Waals surface area (Å²) < 4.78 is 6.25. The molecule has 1 N–H and O–H groups in total. The van der Waals surface area contributed by atoms with Crippen LogP contribution >= 0.6 is 0 Å². The van der Waals surface area contributed by atoms with Gasteiger partial charge in [-0.15, -0.1) is 0 Å². The standard InChI is InChI=1S/C18H25NO2/c20-18(16-6-7-16,15-4-2-1-3-5-15)13-21-17-12-19-10-8-14(17)9-11-19/h1-5,14,16-17,20H,6-13H2/t17-,18?/m0/s1. The lowest BCUT2D eigenvalue weighted by Gasteiger charge is -2.45. The normalized spacial score (nSPS) is 34.6. The molecule has 3 saturated heterocycles. The average molecular weight is 287 g/mol. The molecule has 3 aliphatic heterocycles. The summed E-state index contributed by atoms with van der Waals surface area (Å²) in [7, 11) is 0. The third-order valence-corrected chi connectivity index (χ3v) is 5.64. The molecule has 0 spiro atoms. The van der Waals surface area contributed by atoms with Gasteiger partial charge >= 0.3 is 0 Å². The molecule has 0 radical (unpaired) electrons. The fraction of sp³-hybridized carbons (Fsp3) is 0.667. The molecular formula is C18H25NO2. The van der Waals surface area contributed by atoms with Crippen LogP contribution in [0.25, 0.3) is 0 Å². The van der Waals surface area contributed by atoms with Crippen LogP contribution in [0, 0.1) is 11.8 Å². The Kier molecular flexibility index (Phi) is 3.52. The number of nitrogens with zero attached hydrogens (tertiary/aromatic N) is 1. The maximum absolute atomic E-state index is 11.2. The van der Waals surface area contributed by atoms with Crippen LogP contribution < -0.4 is 0 Å². The Morgan fingerprint density at radius 2 is 1.81 bits per heavy atom. The summed E-state index contributed by atoms with van der Waals surface area (Å²) in [5, 5.41) is 11.2. The SMILES string of the molecule is OC(CO[C@H]1CN2CCC1CC2)(c1ccccc1)C1CC1. The number of hydrogen-bond donors (Lipinski definition) is 1. The van der Waals surface area contributed by atoms with E-state index in [1.54, 1.807) is 0 Å². The predicted octanol–water partition coefficient (Wildman–Crippen LogP) is 2.40. The van der Waals surface area contributed by atoms with E-state index in [2.05, 4.69) is 4.90 Å². The Bertz CT molecular complexity index is 479. The minimum atomic E-state index is -0.784. The molecule has 2 atom stereocenters. The van der Waals surface area contributed by atoms with Crippen molar-refractivity contribution < 1.29 is 9.84 Å². The van der Waals surface area contributed by atoms with Crippen molar-refractivity contribution >= 4 is 0 Å². The van der Waals surface area contributed by atoms with Crippen molar-refractivity contribution in [2.24, 2.45) is 11.8 Å². The smallest absolute Gasteiger partial charge is 0.116 e. The molecule has 5 rings (SSSR count). The average Bonchev–Trinajstić information content (AvgIpc) is 3.40. The van der Waals surface area contributed by atoms with Crippen molar-refractivity contribution in [2.45, 2.75) is 37.4 Å². The highest BCUT2D eigenvalue weighted by Crippen LogP contribution is 2.46. The highest BCUT2D eigenvalue weighted by Gasteiger charge is 2.46. The molecule has 1 aromatic rings. The van der Waals surface area contributed by atoms with E-state index >= 15 is 0 Å². The lowest BCUT2D eigenvalue weighted by atomic mass is 9.85. The molecule has 3 heterocycles. The van der Waals surface area contributed by atoms with Crippen molar-refractivity contribution in [2.75, 3.05) is 26.2 Å². The summed E-state index contributed by atoms with van der Waals surface area (Å²) in [6.07, 6.45) is 5.08. The molecule has 114 valence electrons. The van der Waals surface area contributed by atoms with Gasteiger partial charge in [0.15, 0.2) is 0 Å². The molecular weight excluding hydrogens is 262 g/mol. The van der Waals surface area contributed by atoms with E-state index in [-0.39, 0.29) is 0 Å². The Morgan fingerprint density at radius 1 is 1.10 bits per heavy atom. The predicted molar refractivity (Wildman–Crippen MR) is 82.0 cm³/mol. The molecule has 2 bridgehead atoms. The second kappa shape index (κ2) is 5.38. The third kappa shape index (κ3) is 2.63. The second-order valence-electron chi connectivity index (χ2n) is 7.05. The lowest BCUT2D eigenvalue weighted by molar-refractivity contribution is -0.132. The van der Waals surface area contributed by atoms with Gasteiger partial charge in [-0.2, -0.15) is 0 Å². The molecule has 4 fully saturated rings. The number of benzene rings is 1. The van der Waals surface area contributed by atoms with E-state index in [1.165, 1.54) is 25.9 Å². The number of rotatable bonds is 5. The quantitative estimate of drug-likeness (QED) is 0.902. The minimum Gasteiger partial charge on any atom is -0.382 e. The van der Waals surface area contributed by atoms with Crippen molar-refractivity contribution in [1.82, 2.24) is 4.90 Å². The monoisotopic (exact) mass is 287 g/mol. The first-order valence-corrected chi connectivity index (χ1v) is 8.37. The summed E-state index contributed by atoms with van der Waals surface area (Å²) in [6, 6.07) is 10.1. The zero-order valence-corrected chi connectivity index (χ0v) is 12.6.